The van der Waals surface area contributed by atoms with E-state index in [1.165, 1.54) is 4.90 Å². The van der Waals surface area contributed by atoms with Gasteiger partial charge in [0.15, 0.2) is 5.13 Å². The van der Waals surface area contributed by atoms with Crippen LogP contribution < -0.4 is 9.64 Å². The van der Waals surface area contributed by atoms with Crippen molar-refractivity contribution in [2.45, 2.75) is 11.3 Å². The first-order chi connectivity index (χ1) is 13.5. The topological polar surface area (TPSA) is 45.7 Å². The van der Waals surface area contributed by atoms with Crippen LogP contribution in [0.4, 0.5) is 5.13 Å². The third-order valence-electron chi connectivity index (χ3n) is 4.40. The average Bonchev–Trinajstić information content (AvgIpc) is 3.11. The van der Waals surface area contributed by atoms with Crippen LogP contribution in [0.1, 0.15) is 5.56 Å². The maximum Gasteiger partial charge on any atom is 0.233 e. The Morgan fingerprint density at radius 2 is 1.86 bits per heavy atom. The monoisotopic (exact) mass is 451 g/mol. The molecule has 0 saturated heterocycles. The van der Waals surface area contributed by atoms with E-state index in [0.717, 1.165) is 33.2 Å². The van der Waals surface area contributed by atoms with E-state index < -0.39 is 0 Å². The van der Waals surface area contributed by atoms with Gasteiger partial charge in [0.2, 0.25) is 5.91 Å². The van der Waals surface area contributed by atoms with Crippen LogP contribution in [0.25, 0.3) is 10.2 Å². The van der Waals surface area contributed by atoms with Gasteiger partial charge in [0, 0.05) is 18.0 Å². The van der Waals surface area contributed by atoms with E-state index in [2.05, 4.69) is 23.3 Å². The smallest absolute Gasteiger partial charge is 0.233 e. The zero-order chi connectivity index (χ0) is 20.1. The third-order valence-corrected chi connectivity index (χ3v) is 6.17. The van der Waals surface area contributed by atoms with Crippen LogP contribution in [0.2, 0.25) is 0 Å². The molecule has 156 valence electrons. The molecule has 29 heavy (non-hydrogen) atoms. The molecule has 1 amide bonds. The summed E-state index contributed by atoms with van der Waals surface area (Å²) in [4.78, 5) is 22.9. The number of methoxy groups -OCH3 is 1. The first-order valence-electron chi connectivity index (χ1n) is 9.02. The number of amides is 1. The van der Waals surface area contributed by atoms with Gasteiger partial charge in [-0.3, -0.25) is 9.69 Å². The Kier molecular flexibility index (Phi) is 8.77. The van der Waals surface area contributed by atoms with Gasteiger partial charge in [0.05, 0.1) is 23.7 Å². The summed E-state index contributed by atoms with van der Waals surface area (Å²) in [5.74, 6) is 0.840. The van der Waals surface area contributed by atoms with E-state index >= 15 is 0 Å². The second-order valence-corrected chi connectivity index (χ2v) is 8.59. The van der Waals surface area contributed by atoms with Gasteiger partial charge in [0.25, 0.3) is 0 Å². The molecule has 0 fully saturated rings. The number of hydrogen-bond acceptors (Lipinski definition) is 6. The minimum Gasteiger partial charge on any atom is -0.497 e. The fourth-order valence-corrected chi connectivity index (χ4v) is 4.34. The van der Waals surface area contributed by atoms with Crippen molar-refractivity contribution >= 4 is 56.8 Å². The van der Waals surface area contributed by atoms with Crippen molar-refractivity contribution in [2.24, 2.45) is 0 Å². The number of carbonyl (C=O) groups excluding carboxylic acids is 1. The lowest BCUT2D eigenvalue weighted by Crippen LogP contribution is -2.37. The number of likely N-dealkylation sites (N-methyl/N-ethyl adjacent to an activating group) is 1. The molecule has 0 bridgehead atoms. The molecule has 0 spiro atoms. The van der Waals surface area contributed by atoms with Crippen LogP contribution >= 0.6 is 35.5 Å². The summed E-state index contributed by atoms with van der Waals surface area (Å²) in [6.45, 7) is 1.39. The van der Waals surface area contributed by atoms with Crippen LogP contribution in [0.3, 0.4) is 0 Å². The predicted molar refractivity (Wildman–Crippen MR) is 126 cm³/mol. The Morgan fingerprint density at radius 1 is 1.14 bits per heavy atom. The summed E-state index contributed by atoms with van der Waals surface area (Å²) in [6, 6.07) is 13.9. The molecule has 0 N–H and O–H groups in total. The zero-order valence-electron chi connectivity index (χ0n) is 17.0. The molecule has 5 nitrogen and oxygen atoms in total. The molecule has 0 saturated carbocycles. The molecule has 0 unspecified atom stereocenters. The highest BCUT2D eigenvalue weighted by Crippen LogP contribution is 2.32. The van der Waals surface area contributed by atoms with Crippen LogP contribution in [0.5, 0.6) is 5.75 Å². The lowest BCUT2D eigenvalue weighted by atomic mass is 10.1. The lowest BCUT2D eigenvalue weighted by molar-refractivity contribution is -0.118. The highest BCUT2D eigenvalue weighted by atomic mass is 35.5. The Balaban J connectivity index is 0.00000300. The molecule has 0 aliphatic rings. The number of thiazole rings is 1. The first kappa shape index (κ1) is 23.5. The molecule has 2 aromatic carbocycles. The number of thioether (sulfide) groups is 1. The van der Waals surface area contributed by atoms with Gasteiger partial charge in [-0.05, 0) is 56.2 Å². The number of halogens is 1. The first-order valence-corrected chi connectivity index (χ1v) is 11.1. The summed E-state index contributed by atoms with van der Waals surface area (Å²) in [6.07, 6.45) is 2.40. The van der Waals surface area contributed by atoms with Crippen molar-refractivity contribution in [3.8, 4) is 5.75 Å². The van der Waals surface area contributed by atoms with E-state index in [1.807, 2.05) is 49.3 Å². The Hall–Kier alpha value is -1.80. The molecule has 3 aromatic rings. The normalized spacial score (nSPS) is 10.8. The van der Waals surface area contributed by atoms with Gasteiger partial charge < -0.3 is 9.64 Å². The van der Waals surface area contributed by atoms with E-state index in [0.29, 0.717) is 13.0 Å². The highest BCUT2D eigenvalue weighted by molar-refractivity contribution is 7.98. The molecule has 1 aromatic heterocycles. The predicted octanol–water partition coefficient (Wildman–Crippen LogP) is 4.59. The molecule has 0 atom stereocenters. The fraction of sp³-hybridized carbons (Fsp3) is 0.333. The number of hydrogen-bond donors (Lipinski definition) is 0. The maximum absolute atomic E-state index is 13.1. The number of benzene rings is 2. The van der Waals surface area contributed by atoms with E-state index in [1.54, 1.807) is 30.2 Å². The van der Waals surface area contributed by atoms with Gasteiger partial charge in [-0.25, -0.2) is 4.98 Å². The Bertz CT molecular complexity index is 945. The molecule has 8 heteroatoms. The molecule has 0 aliphatic carbocycles. The second-order valence-electron chi connectivity index (χ2n) is 6.70. The minimum absolute atomic E-state index is 0. The van der Waals surface area contributed by atoms with Gasteiger partial charge >= 0.3 is 0 Å². The van der Waals surface area contributed by atoms with Crippen LogP contribution in [-0.4, -0.2) is 56.3 Å². The summed E-state index contributed by atoms with van der Waals surface area (Å²) < 4.78 is 6.30. The number of fused-ring (bicyclic) bond motifs is 1. The molecule has 1 heterocycles. The standard InChI is InChI=1S/C21H25N3O2S2.ClH/c1-23(2)11-12-24(20(25)13-15-5-7-16(26-3)8-6-15)21-22-18-10-9-17(27-4)14-19(18)28-21;/h5-10,14H,11-13H2,1-4H3;1H. The molecular weight excluding hydrogens is 426 g/mol. The van der Waals surface area contributed by atoms with Crippen molar-refractivity contribution in [1.82, 2.24) is 9.88 Å². The second kappa shape index (κ2) is 10.8. The number of rotatable bonds is 8. The Morgan fingerprint density at radius 3 is 2.48 bits per heavy atom. The lowest BCUT2D eigenvalue weighted by Gasteiger charge is -2.22. The SMILES string of the molecule is COc1ccc(CC(=O)N(CCN(C)C)c2nc3ccc(SC)cc3s2)cc1.Cl. The fourth-order valence-electron chi connectivity index (χ4n) is 2.78. The van der Waals surface area contributed by atoms with E-state index in [4.69, 9.17) is 9.72 Å². The number of ether oxygens (including phenoxy) is 1. The highest BCUT2D eigenvalue weighted by Gasteiger charge is 2.20. The van der Waals surface area contributed by atoms with Crippen LogP contribution in [0, 0.1) is 0 Å². The van der Waals surface area contributed by atoms with Gasteiger partial charge in [-0.15, -0.1) is 24.2 Å². The number of carbonyl (C=O) groups is 1. The summed E-state index contributed by atoms with van der Waals surface area (Å²) in [5.41, 5.74) is 1.90. The van der Waals surface area contributed by atoms with Crippen molar-refractivity contribution < 1.29 is 9.53 Å². The Labute approximate surface area is 186 Å². The number of nitrogens with zero attached hydrogens (tertiary/aromatic N) is 3. The van der Waals surface area contributed by atoms with Crippen molar-refractivity contribution in [3.05, 3.63) is 48.0 Å². The van der Waals surface area contributed by atoms with Crippen molar-refractivity contribution in [3.63, 3.8) is 0 Å². The molecule has 0 radical (unpaired) electrons. The summed E-state index contributed by atoms with van der Waals surface area (Å²) in [5, 5.41) is 0.758. The van der Waals surface area contributed by atoms with Gasteiger partial charge in [0.1, 0.15) is 5.75 Å². The van der Waals surface area contributed by atoms with Crippen LogP contribution in [-0.2, 0) is 11.2 Å². The zero-order valence-corrected chi connectivity index (χ0v) is 19.5. The average molecular weight is 452 g/mol. The van der Waals surface area contributed by atoms with Gasteiger partial charge in [-0.1, -0.05) is 23.5 Å². The number of anilines is 1. The quantitative estimate of drug-likeness (QED) is 0.469. The third kappa shape index (κ3) is 6.09. The van der Waals surface area contributed by atoms with Crippen molar-refractivity contribution in [1.29, 1.82) is 0 Å². The van der Waals surface area contributed by atoms with E-state index in [-0.39, 0.29) is 18.3 Å². The summed E-state index contributed by atoms with van der Waals surface area (Å²) in [7, 11) is 5.66. The van der Waals surface area contributed by atoms with Gasteiger partial charge in [-0.2, -0.15) is 0 Å². The number of aromatic nitrogens is 1. The largest absolute Gasteiger partial charge is 0.497 e. The van der Waals surface area contributed by atoms with Crippen LogP contribution in [0.15, 0.2) is 47.4 Å². The molecule has 0 aliphatic heterocycles. The van der Waals surface area contributed by atoms with E-state index in [9.17, 15) is 4.79 Å². The molecule has 3 rings (SSSR count). The van der Waals surface area contributed by atoms with Crippen molar-refractivity contribution in [2.75, 3.05) is 45.5 Å². The minimum atomic E-state index is 0. The molecular formula is C21H26ClN3O2S2. The summed E-state index contributed by atoms with van der Waals surface area (Å²) >= 11 is 3.28. The maximum atomic E-state index is 13.1.